The van der Waals surface area contributed by atoms with Crippen LogP contribution in [0.25, 0.3) is 0 Å². The number of aliphatic hydroxyl groups excluding tert-OH is 2. The highest BCUT2D eigenvalue weighted by atomic mass is 16.3. The first-order valence-electron chi connectivity index (χ1n) is 8.15. The molecular weight excluding hydrogens is 282 g/mol. The lowest BCUT2D eigenvalue weighted by Crippen LogP contribution is -2.54. The van der Waals surface area contributed by atoms with Gasteiger partial charge in [-0.2, -0.15) is 5.10 Å². The van der Waals surface area contributed by atoms with Crippen LogP contribution in [-0.2, 0) is 11.3 Å². The molecule has 6 nitrogen and oxygen atoms in total. The Hall–Kier alpha value is -1.40. The molecule has 22 heavy (non-hydrogen) atoms. The largest absolute Gasteiger partial charge is 0.396 e. The molecule has 2 N–H and O–H groups in total. The highest BCUT2D eigenvalue weighted by Crippen LogP contribution is 2.36. The molecule has 2 atom stereocenters. The van der Waals surface area contributed by atoms with E-state index in [1.165, 1.54) is 0 Å². The minimum Gasteiger partial charge on any atom is -0.396 e. The van der Waals surface area contributed by atoms with Crippen LogP contribution in [0, 0.1) is 5.41 Å². The minimum absolute atomic E-state index is 0.0106. The molecule has 0 aromatic carbocycles. The Morgan fingerprint density at radius 2 is 2.32 bits per heavy atom. The molecule has 1 aromatic heterocycles. The smallest absolute Gasteiger partial charge is 0.222 e. The highest BCUT2D eigenvalue weighted by molar-refractivity contribution is 5.76. The van der Waals surface area contributed by atoms with Crippen LogP contribution in [0.15, 0.2) is 18.5 Å². The van der Waals surface area contributed by atoms with Gasteiger partial charge in [-0.1, -0.05) is 13.3 Å². The lowest BCUT2D eigenvalue weighted by atomic mass is 9.73. The highest BCUT2D eigenvalue weighted by Gasteiger charge is 2.41. The summed E-state index contributed by atoms with van der Waals surface area (Å²) in [6.45, 7) is 3.73. The maximum atomic E-state index is 12.3. The van der Waals surface area contributed by atoms with E-state index in [2.05, 4.69) is 12.0 Å². The van der Waals surface area contributed by atoms with Crippen LogP contribution < -0.4 is 0 Å². The number of likely N-dealkylation sites (tertiary alicyclic amines) is 1. The predicted molar refractivity (Wildman–Crippen MR) is 83.1 cm³/mol. The molecule has 1 aliphatic rings. The molecule has 0 saturated carbocycles. The summed E-state index contributed by atoms with van der Waals surface area (Å²) < 4.78 is 1.82. The molecule has 1 aliphatic heterocycles. The number of piperidine rings is 1. The van der Waals surface area contributed by atoms with E-state index in [0.29, 0.717) is 25.9 Å². The molecule has 1 amide bonds. The van der Waals surface area contributed by atoms with Gasteiger partial charge < -0.3 is 15.1 Å². The molecule has 0 bridgehead atoms. The zero-order chi connectivity index (χ0) is 16.0. The summed E-state index contributed by atoms with van der Waals surface area (Å²) in [6, 6.07) is 1.87. The second-order valence-corrected chi connectivity index (χ2v) is 6.25. The number of hydrogen-bond acceptors (Lipinski definition) is 4. The molecule has 1 aromatic rings. The summed E-state index contributed by atoms with van der Waals surface area (Å²) in [6.07, 6.45) is 6.58. The van der Waals surface area contributed by atoms with Crippen molar-refractivity contribution in [1.29, 1.82) is 0 Å². The van der Waals surface area contributed by atoms with E-state index < -0.39 is 11.5 Å². The Morgan fingerprint density at radius 1 is 1.50 bits per heavy atom. The van der Waals surface area contributed by atoms with Crippen molar-refractivity contribution < 1.29 is 15.0 Å². The number of hydrogen-bond donors (Lipinski definition) is 2. The van der Waals surface area contributed by atoms with Gasteiger partial charge in [-0.05, 0) is 25.3 Å². The van der Waals surface area contributed by atoms with E-state index in [1.807, 2.05) is 16.9 Å². The van der Waals surface area contributed by atoms with Crippen molar-refractivity contribution in [2.24, 2.45) is 5.41 Å². The van der Waals surface area contributed by atoms with Crippen molar-refractivity contribution in [3.8, 4) is 0 Å². The summed E-state index contributed by atoms with van der Waals surface area (Å²) in [5.74, 6) is 0.0780. The third kappa shape index (κ3) is 3.87. The van der Waals surface area contributed by atoms with Gasteiger partial charge in [0.2, 0.25) is 5.91 Å². The summed E-state index contributed by atoms with van der Waals surface area (Å²) in [7, 11) is 0. The molecule has 0 radical (unpaired) electrons. The van der Waals surface area contributed by atoms with Crippen molar-refractivity contribution in [3.05, 3.63) is 18.5 Å². The molecule has 2 rings (SSSR count). The monoisotopic (exact) mass is 309 g/mol. The zero-order valence-corrected chi connectivity index (χ0v) is 13.3. The summed E-state index contributed by atoms with van der Waals surface area (Å²) in [4.78, 5) is 14.0. The van der Waals surface area contributed by atoms with Crippen molar-refractivity contribution in [3.63, 3.8) is 0 Å². The zero-order valence-electron chi connectivity index (χ0n) is 13.3. The molecule has 0 spiro atoms. The van der Waals surface area contributed by atoms with Crippen molar-refractivity contribution in [1.82, 2.24) is 14.7 Å². The van der Waals surface area contributed by atoms with Gasteiger partial charge >= 0.3 is 0 Å². The fourth-order valence-corrected chi connectivity index (χ4v) is 3.28. The van der Waals surface area contributed by atoms with Crippen molar-refractivity contribution >= 4 is 5.91 Å². The number of aryl methyl sites for hydroxylation is 1. The topological polar surface area (TPSA) is 78.6 Å². The number of nitrogens with zero attached hydrogens (tertiary/aromatic N) is 3. The second kappa shape index (κ2) is 7.74. The van der Waals surface area contributed by atoms with Gasteiger partial charge in [0, 0.05) is 43.9 Å². The maximum absolute atomic E-state index is 12.3. The van der Waals surface area contributed by atoms with Crippen LogP contribution in [0.4, 0.5) is 0 Å². The Bertz CT molecular complexity index is 463. The fraction of sp³-hybridized carbons (Fsp3) is 0.750. The molecule has 1 fully saturated rings. The van der Waals surface area contributed by atoms with E-state index >= 15 is 0 Å². The summed E-state index contributed by atoms with van der Waals surface area (Å²) >= 11 is 0. The average molecular weight is 309 g/mol. The molecule has 2 heterocycles. The number of β-amino-alcohol motifs (C(OH)–C–C–N with tert-alkyl or cyclic N) is 1. The first-order valence-corrected chi connectivity index (χ1v) is 8.15. The molecule has 124 valence electrons. The van der Waals surface area contributed by atoms with Crippen LogP contribution in [0.5, 0.6) is 0 Å². The standard InChI is InChI=1S/C16H27N3O3/c1-2-6-16(13-20)7-11-18(12-14(16)21)15(22)5-3-9-19-10-4-8-17-19/h4,8,10,14,20-21H,2-3,5-7,9,11-13H2,1H3/t14-,16+/m0/s1. The lowest BCUT2D eigenvalue weighted by molar-refractivity contribution is -0.142. The maximum Gasteiger partial charge on any atom is 0.222 e. The second-order valence-electron chi connectivity index (χ2n) is 6.25. The van der Waals surface area contributed by atoms with Crippen molar-refractivity contribution in [2.75, 3.05) is 19.7 Å². The third-order valence-electron chi connectivity index (χ3n) is 4.73. The summed E-state index contributed by atoms with van der Waals surface area (Å²) in [5, 5.41) is 24.1. The van der Waals surface area contributed by atoms with Crippen LogP contribution in [0.2, 0.25) is 0 Å². The third-order valence-corrected chi connectivity index (χ3v) is 4.73. The normalized spacial score (nSPS) is 25.4. The number of carbonyl (C=O) groups is 1. The lowest BCUT2D eigenvalue weighted by Gasteiger charge is -2.44. The summed E-state index contributed by atoms with van der Waals surface area (Å²) in [5.41, 5.74) is -0.430. The van der Waals surface area contributed by atoms with E-state index in [0.717, 1.165) is 25.8 Å². The van der Waals surface area contributed by atoms with Crippen LogP contribution in [-0.4, -0.2) is 56.6 Å². The van der Waals surface area contributed by atoms with Crippen LogP contribution in [0.3, 0.4) is 0 Å². The van der Waals surface area contributed by atoms with Crippen LogP contribution in [0.1, 0.15) is 39.0 Å². The van der Waals surface area contributed by atoms with Gasteiger partial charge in [-0.15, -0.1) is 0 Å². The SMILES string of the molecule is CCC[C@]1(CO)CCN(C(=O)CCCn2cccn2)C[C@@H]1O. The molecule has 6 heteroatoms. The van der Waals surface area contributed by atoms with E-state index in [9.17, 15) is 15.0 Å². The van der Waals surface area contributed by atoms with Crippen molar-refractivity contribution in [2.45, 2.75) is 51.7 Å². The molecular formula is C16H27N3O3. The number of carbonyl (C=O) groups excluding carboxylic acids is 1. The Labute approximate surface area is 131 Å². The van der Waals surface area contributed by atoms with Crippen LogP contribution >= 0.6 is 0 Å². The van der Waals surface area contributed by atoms with Gasteiger partial charge in [-0.3, -0.25) is 9.48 Å². The Balaban J connectivity index is 1.80. The van der Waals surface area contributed by atoms with Gasteiger partial charge in [-0.25, -0.2) is 0 Å². The van der Waals surface area contributed by atoms with E-state index in [-0.39, 0.29) is 12.5 Å². The minimum atomic E-state index is -0.638. The quantitative estimate of drug-likeness (QED) is 0.789. The number of aromatic nitrogens is 2. The average Bonchev–Trinajstić information content (AvgIpc) is 3.02. The Morgan fingerprint density at radius 3 is 2.91 bits per heavy atom. The van der Waals surface area contributed by atoms with Gasteiger partial charge in [0.25, 0.3) is 0 Å². The number of amides is 1. The van der Waals surface area contributed by atoms with Gasteiger partial charge in [0.15, 0.2) is 0 Å². The first-order chi connectivity index (χ1) is 10.6. The fourth-order valence-electron chi connectivity index (χ4n) is 3.28. The number of rotatable bonds is 7. The predicted octanol–water partition coefficient (Wildman–Crippen LogP) is 1.04. The first kappa shape index (κ1) is 17.0. The number of aliphatic hydroxyl groups is 2. The molecule has 0 unspecified atom stereocenters. The van der Waals surface area contributed by atoms with E-state index in [1.54, 1.807) is 11.1 Å². The van der Waals surface area contributed by atoms with E-state index in [4.69, 9.17) is 0 Å². The molecule has 0 aliphatic carbocycles. The van der Waals surface area contributed by atoms with Gasteiger partial charge in [0.1, 0.15) is 0 Å². The molecule has 1 saturated heterocycles. The Kier molecular flexibility index (Phi) is 5.97. The van der Waals surface area contributed by atoms with Gasteiger partial charge in [0.05, 0.1) is 12.7 Å².